The highest BCUT2D eigenvalue weighted by atomic mass is 15.0. The van der Waals surface area contributed by atoms with E-state index in [1.54, 1.807) is 0 Å². The molecule has 0 atom stereocenters. The van der Waals surface area contributed by atoms with Crippen molar-refractivity contribution in [3.8, 4) is 0 Å². The average molecular weight is 214 g/mol. The Balaban J connectivity index is 2.06. The van der Waals surface area contributed by atoms with Gasteiger partial charge in [0.05, 0.1) is 0 Å². The number of nitrogens with two attached hydrogens (primary N) is 1. The minimum Gasteiger partial charge on any atom is -0.344 e. The molecule has 0 radical (unpaired) electrons. The molecule has 1 heterocycles. The van der Waals surface area contributed by atoms with Crippen molar-refractivity contribution in [2.45, 2.75) is 25.8 Å². The molecule has 1 aromatic carbocycles. The molecule has 0 saturated heterocycles. The number of aromatic nitrogens is 1. The molecule has 0 bridgehead atoms. The van der Waals surface area contributed by atoms with Crippen LogP contribution < -0.4 is 5.73 Å². The summed E-state index contributed by atoms with van der Waals surface area (Å²) in [5.41, 5.74) is 8.46. The van der Waals surface area contributed by atoms with E-state index in [0.717, 1.165) is 18.9 Å². The molecule has 2 aromatic rings. The largest absolute Gasteiger partial charge is 0.344 e. The maximum atomic E-state index is 5.68. The zero-order chi connectivity index (χ0) is 11.0. The van der Waals surface area contributed by atoms with Crippen LogP contribution in [0.2, 0.25) is 0 Å². The number of para-hydroxylation sites is 1. The third-order valence-corrected chi connectivity index (χ3v) is 3.43. The van der Waals surface area contributed by atoms with Gasteiger partial charge in [-0.15, -0.1) is 0 Å². The number of benzene rings is 1. The summed E-state index contributed by atoms with van der Waals surface area (Å²) in [4.78, 5) is 0. The minimum atomic E-state index is 0.737. The zero-order valence-corrected chi connectivity index (χ0v) is 9.52. The van der Waals surface area contributed by atoms with Crippen molar-refractivity contribution in [2.75, 3.05) is 6.54 Å². The second kappa shape index (κ2) is 3.95. The lowest BCUT2D eigenvalue weighted by atomic mass is 10.2. The number of hydrogen-bond acceptors (Lipinski definition) is 1. The molecule has 2 nitrogen and oxygen atoms in total. The van der Waals surface area contributed by atoms with Gasteiger partial charge in [-0.05, 0) is 49.2 Å². The van der Waals surface area contributed by atoms with Gasteiger partial charge in [-0.3, -0.25) is 0 Å². The van der Waals surface area contributed by atoms with Gasteiger partial charge < -0.3 is 10.3 Å². The van der Waals surface area contributed by atoms with Gasteiger partial charge in [-0.1, -0.05) is 18.2 Å². The molecule has 0 aliphatic heterocycles. The van der Waals surface area contributed by atoms with Crippen LogP contribution in [0.5, 0.6) is 0 Å². The third-order valence-electron chi connectivity index (χ3n) is 3.43. The molecule has 1 fully saturated rings. The minimum absolute atomic E-state index is 0.737. The van der Waals surface area contributed by atoms with Crippen LogP contribution in [0.3, 0.4) is 0 Å². The summed E-state index contributed by atoms with van der Waals surface area (Å²) in [5.74, 6) is 0.910. The molecule has 0 amide bonds. The predicted molar refractivity (Wildman–Crippen MR) is 67.4 cm³/mol. The number of rotatable bonds is 4. The average Bonchev–Trinajstić information content (AvgIpc) is 3.04. The molecule has 0 unspecified atom stereocenters. The Morgan fingerprint density at radius 1 is 1.25 bits per heavy atom. The summed E-state index contributed by atoms with van der Waals surface area (Å²) in [5, 5.41) is 1.35. The molecule has 2 heteroatoms. The number of hydrogen-bond donors (Lipinski definition) is 1. The number of fused-ring (bicyclic) bond motifs is 1. The van der Waals surface area contributed by atoms with Crippen molar-refractivity contribution in [1.82, 2.24) is 4.57 Å². The van der Waals surface area contributed by atoms with Crippen LogP contribution in [0, 0.1) is 5.92 Å². The Bertz CT molecular complexity index is 494. The molecule has 1 aliphatic carbocycles. The fourth-order valence-corrected chi connectivity index (χ4v) is 2.40. The molecule has 84 valence electrons. The van der Waals surface area contributed by atoms with Crippen molar-refractivity contribution < 1.29 is 0 Å². The Hall–Kier alpha value is -1.28. The second-order valence-corrected chi connectivity index (χ2v) is 4.79. The van der Waals surface area contributed by atoms with E-state index in [2.05, 4.69) is 34.9 Å². The maximum Gasteiger partial charge on any atom is 0.0482 e. The fourth-order valence-electron chi connectivity index (χ4n) is 2.40. The van der Waals surface area contributed by atoms with Crippen LogP contribution in [-0.4, -0.2) is 11.1 Å². The van der Waals surface area contributed by atoms with E-state index in [1.165, 1.54) is 36.0 Å². The molecule has 1 aromatic heterocycles. The summed E-state index contributed by atoms with van der Waals surface area (Å²) >= 11 is 0. The SMILES string of the molecule is NCCc1cc2ccccc2n1CC1CC1. The van der Waals surface area contributed by atoms with Crippen molar-refractivity contribution >= 4 is 10.9 Å². The standard InChI is InChI=1S/C14H18N2/c15-8-7-13-9-12-3-1-2-4-14(12)16(13)10-11-5-6-11/h1-4,9,11H,5-8,10,15H2. The van der Waals surface area contributed by atoms with Crippen LogP contribution in [0.15, 0.2) is 30.3 Å². The topological polar surface area (TPSA) is 30.9 Å². The second-order valence-electron chi connectivity index (χ2n) is 4.79. The van der Waals surface area contributed by atoms with E-state index in [-0.39, 0.29) is 0 Å². The van der Waals surface area contributed by atoms with Crippen LogP contribution >= 0.6 is 0 Å². The summed E-state index contributed by atoms with van der Waals surface area (Å²) in [6.07, 6.45) is 3.78. The van der Waals surface area contributed by atoms with Gasteiger partial charge in [0.15, 0.2) is 0 Å². The van der Waals surface area contributed by atoms with Gasteiger partial charge in [-0.2, -0.15) is 0 Å². The van der Waals surface area contributed by atoms with Gasteiger partial charge in [-0.25, -0.2) is 0 Å². The fraction of sp³-hybridized carbons (Fsp3) is 0.429. The molecule has 0 spiro atoms. The monoisotopic (exact) mass is 214 g/mol. The van der Waals surface area contributed by atoms with Gasteiger partial charge in [0.25, 0.3) is 0 Å². The first-order valence-corrected chi connectivity index (χ1v) is 6.15. The first-order chi connectivity index (χ1) is 7.88. The lowest BCUT2D eigenvalue weighted by molar-refractivity contribution is 0.619. The van der Waals surface area contributed by atoms with Gasteiger partial charge in [0.1, 0.15) is 0 Å². The van der Waals surface area contributed by atoms with Crippen LogP contribution in [0.25, 0.3) is 10.9 Å². The molecule has 3 rings (SSSR count). The lowest BCUT2D eigenvalue weighted by Crippen LogP contribution is -2.09. The summed E-state index contributed by atoms with van der Waals surface area (Å²) in [7, 11) is 0. The molecule has 16 heavy (non-hydrogen) atoms. The van der Waals surface area contributed by atoms with Gasteiger partial charge >= 0.3 is 0 Å². The summed E-state index contributed by atoms with van der Waals surface area (Å²) in [6, 6.07) is 10.9. The predicted octanol–water partition coefficient (Wildman–Crippen LogP) is 2.55. The van der Waals surface area contributed by atoms with Gasteiger partial charge in [0, 0.05) is 17.8 Å². The van der Waals surface area contributed by atoms with Crippen molar-refractivity contribution in [3.63, 3.8) is 0 Å². The third kappa shape index (κ3) is 1.74. The molecular weight excluding hydrogens is 196 g/mol. The van der Waals surface area contributed by atoms with Crippen LogP contribution in [0.4, 0.5) is 0 Å². The Morgan fingerprint density at radius 2 is 2.06 bits per heavy atom. The van der Waals surface area contributed by atoms with Crippen LogP contribution in [-0.2, 0) is 13.0 Å². The highest BCUT2D eigenvalue weighted by molar-refractivity contribution is 5.81. The maximum absolute atomic E-state index is 5.68. The van der Waals surface area contributed by atoms with E-state index in [9.17, 15) is 0 Å². The lowest BCUT2D eigenvalue weighted by Gasteiger charge is -2.09. The summed E-state index contributed by atoms with van der Waals surface area (Å²) in [6.45, 7) is 1.92. The van der Waals surface area contributed by atoms with Crippen molar-refractivity contribution in [1.29, 1.82) is 0 Å². The Kier molecular flexibility index (Phi) is 2.44. The van der Waals surface area contributed by atoms with Gasteiger partial charge in [0.2, 0.25) is 0 Å². The normalized spacial score (nSPS) is 15.8. The van der Waals surface area contributed by atoms with E-state index >= 15 is 0 Å². The van der Waals surface area contributed by atoms with E-state index in [4.69, 9.17) is 5.73 Å². The quantitative estimate of drug-likeness (QED) is 0.833. The smallest absolute Gasteiger partial charge is 0.0482 e. The molecular formula is C14H18N2. The molecule has 2 N–H and O–H groups in total. The number of nitrogens with zero attached hydrogens (tertiary/aromatic N) is 1. The van der Waals surface area contributed by atoms with Crippen LogP contribution in [0.1, 0.15) is 18.5 Å². The summed E-state index contributed by atoms with van der Waals surface area (Å²) < 4.78 is 2.47. The Morgan fingerprint density at radius 3 is 2.81 bits per heavy atom. The van der Waals surface area contributed by atoms with E-state index in [0.29, 0.717) is 0 Å². The highest BCUT2D eigenvalue weighted by Gasteiger charge is 2.23. The highest BCUT2D eigenvalue weighted by Crippen LogP contribution is 2.33. The van der Waals surface area contributed by atoms with Crippen molar-refractivity contribution in [2.24, 2.45) is 11.7 Å². The van der Waals surface area contributed by atoms with E-state index < -0.39 is 0 Å². The first-order valence-electron chi connectivity index (χ1n) is 6.15. The van der Waals surface area contributed by atoms with E-state index in [1.807, 2.05) is 0 Å². The molecule has 1 saturated carbocycles. The Labute approximate surface area is 96.1 Å². The van der Waals surface area contributed by atoms with Crippen molar-refractivity contribution in [3.05, 3.63) is 36.0 Å². The first kappa shape index (κ1) is 9.91. The zero-order valence-electron chi connectivity index (χ0n) is 9.52. The molecule has 1 aliphatic rings.